The molecular weight excluding hydrogens is 319 g/mol. The number of nitrogens with two attached hydrogens (primary N) is 1. The maximum atomic E-state index is 12.9. The first-order chi connectivity index (χ1) is 9.41. The molecule has 1 aromatic carbocycles. The molecule has 0 atom stereocenters. The summed E-state index contributed by atoms with van der Waals surface area (Å²) in [7, 11) is -4.50. The highest BCUT2D eigenvalue weighted by Gasteiger charge is 2.35. The number of sulfonamides is 1. The zero-order chi connectivity index (χ0) is 16.5. The molecule has 0 unspecified atom stereocenters. The standard InChI is InChI=1S/C11H13F5N2O2S/c1-7-8(11(14,15)16)3-2-4-9(7)21(19,20)18-6-10(12,13)5-17/h2-4,18H,5-6,17H2,1H3. The Balaban J connectivity index is 3.16. The SMILES string of the molecule is Cc1c(C(F)(F)F)cccc1S(=O)(=O)NCC(F)(F)CN. The van der Waals surface area contributed by atoms with Crippen LogP contribution in [0.2, 0.25) is 0 Å². The van der Waals surface area contributed by atoms with Gasteiger partial charge in [0.15, 0.2) is 0 Å². The zero-order valence-corrected chi connectivity index (χ0v) is 11.7. The second-order valence-corrected chi connectivity index (χ2v) is 6.05. The van der Waals surface area contributed by atoms with Crippen molar-refractivity contribution in [2.45, 2.75) is 23.9 Å². The van der Waals surface area contributed by atoms with Gasteiger partial charge in [0.05, 0.1) is 23.5 Å². The fourth-order valence-corrected chi connectivity index (χ4v) is 2.89. The predicted molar refractivity (Wildman–Crippen MR) is 65.4 cm³/mol. The van der Waals surface area contributed by atoms with Crippen molar-refractivity contribution in [1.82, 2.24) is 4.72 Å². The van der Waals surface area contributed by atoms with E-state index in [0.717, 1.165) is 19.1 Å². The van der Waals surface area contributed by atoms with Crippen LogP contribution < -0.4 is 10.5 Å². The van der Waals surface area contributed by atoms with E-state index in [1.807, 2.05) is 0 Å². The predicted octanol–water partition coefficient (Wildman–Crippen LogP) is 1.89. The average molecular weight is 332 g/mol. The van der Waals surface area contributed by atoms with Gasteiger partial charge in [0, 0.05) is 0 Å². The summed E-state index contributed by atoms with van der Waals surface area (Å²) in [6.07, 6.45) is -4.74. The Hall–Kier alpha value is -1.26. The Morgan fingerprint density at radius 1 is 1.19 bits per heavy atom. The first-order valence-corrected chi connectivity index (χ1v) is 7.13. The number of nitrogens with one attached hydrogen (secondary N) is 1. The first kappa shape index (κ1) is 17.8. The van der Waals surface area contributed by atoms with Gasteiger partial charge in [-0.3, -0.25) is 0 Å². The van der Waals surface area contributed by atoms with E-state index >= 15 is 0 Å². The van der Waals surface area contributed by atoms with Crippen LogP contribution in [-0.2, 0) is 16.2 Å². The highest BCUT2D eigenvalue weighted by Crippen LogP contribution is 2.34. The number of hydrogen-bond donors (Lipinski definition) is 2. The summed E-state index contributed by atoms with van der Waals surface area (Å²) in [5, 5.41) is 0. The average Bonchev–Trinajstić information content (AvgIpc) is 2.35. The minimum atomic E-state index is -4.74. The van der Waals surface area contributed by atoms with Gasteiger partial charge in [-0.1, -0.05) is 6.07 Å². The second kappa shape index (κ2) is 5.85. The molecule has 0 radical (unpaired) electrons. The Kier molecular flexibility index (Phi) is 4.96. The zero-order valence-electron chi connectivity index (χ0n) is 10.8. The number of hydrogen-bond acceptors (Lipinski definition) is 3. The molecular formula is C11H13F5N2O2S. The number of halogens is 5. The summed E-state index contributed by atoms with van der Waals surface area (Å²) in [6, 6.07) is 2.52. The van der Waals surface area contributed by atoms with Crippen LogP contribution in [0.4, 0.5) is 22.0 Å². The van der Waals surface area contributed by atoms with Crippen molar-refractivity contribution >= 4 is 10.0 Å². The molecule has 0 heterocycles. The maximum Gasteiger partial charge on any atom is 0.416 e. The van der Waals surface area contributed by atoms with Crippen LogP contribution in [0.5, 0.6) is 0 Å². The largest absolute Gasteiger partial charge is 0.416 e. The van der Waals surface area contributed by atoms with Gasteiger partial charge in [-0.25, -0.2) is 21.9 Å². The van der Waals surface area contributed by atoms with E-state index in [9.17, 15) is 30.4 Å². The van der Waals surface area contributed by atoms with Gasteiger partial charge in [-0.15, -0.1) is 0 Å². The highest BCUT2D eigenvalue weighted by molar-refractivity contribution is 7.89. The monoisotopic (exact) mass is 332 g/mol. The van der Waals surface area contributed by atoms with Crippen LogP contribution in [0.1, 0.15) is 11.1 Å². The number of benzene rings is 1. The van der Waals surface area contributed by atoms with Crippen LogP contribution >= 0.6 is 0 Å². The van der Waals surface area contributed by atoms with Crippen LogP contribution in [0.3, 0.4) is 0 Å². The van der Waals surface area contributed by atoms with Gasteiger partial charge >= 0.3 is 6.18 Å². The van der Waals surface area contributed by atoms with Gasteiger partial charge < -0.3 is 5.73 Å². The fraction of sp³-hybridized carbons (Fsp3) is 0.455. The second-order valence-electron chi connectivity index (χ2n) is 4.31. The minimum absolute atomic E-state index is 0.562. The first-order valence-electron chi connectivity index (χ1n) is 5.65. The van der Waals surface area contributed by atoms with Gasteiger partial charge in [0.1, 0.15) is 0 Å². The van der Waals surface area contributed by atoms with E-state index in [4.69, 9.17) is 5.73 Å². The summed E-state index contributed by atoms with van der Waals surface area (Å²) in [5.74, 6) is -3.48. The van der Waals surface area contributed by atoms with Crippen molar-refractivity contribution in [1.29, 1.82) is 0 Å². The lowest BCUT2D eigenvalue weighted by Gasteiger charge is -2.17. The Morgan fingerprint density at radius 2 is 1.76 bits per heavy atom. The number of rotatable bonds is 5. The fourth-order valence-electron chi connectivity index (χ4n) is 1.56. The normalized spacial score (nSPS) is 13.5. The topological polar surface area (TPSA) is 72.2 Å². The molecule has 0 saturated heterocycles. The van der Waals surface area contributed by atoms with Gasteiger partial charge in [-0.2, -0.15) is 13.2 Å². The van der Waals surface area contributed by atoms with Crippen LogP contribution in [0, 0.1) is 6.92 Å². The quantitative estimate of drug-likeness (QED) is 0.809. The molecule has 120 valence electrons. The third-order valence-corrected chi connectivity index (χ3v) is 4.24. The Labute approximate surface area is 118 Å². The molecule has 0 bridgehead atoms. The van der Waals surface area contributed by atoms with Gasteiger partial charge in [-0.05, 0) is 24.6 Å². The van der Waals surface area contributed by atoms with Gasteiger partial charge in [0.25, 0.3) is 5.92 Å². The number of alkyl halides is 5. The summed E-state index contributed by atoms with van der Waals surface area (Å²) >= 11 is 0. The molecule has 0 aliphatic carbocycles. The summed E-state index contributed by atoms with van der Waals surface area (Å²) < 4.78 is 89.2. The van der Waals surface area contributed by atoms with E-state index in [1.54, 1.807) is 4.72 Å². The highest BCUT2D eigenvalue weighted by atomic mass is 32.2. The molecule has 0 saturated carbocycles. The molecule has 0 amide bonds. The van der Waals surface area contributed by atoms with Crippen LogP contribution in [0.25, 0.3) is 0 Å². The molecule has 4 nitrogen and oxygen atoms in total. The van der Waals surface area contributed by atoms with Crippen LogP contribution in [-0.4, -0.2) is 27.4 Å². The molecule has 21 heavy (non-hydrogen) atoms. The van der Waals surface area contributed by atoms with E-state index in [2.05, 4.69) is 0 Å². The van der Waals surface area contributed by atoms with Crippen molar-refractivity contribution in [3.63, 3.8) is 0 Å². The molecule has 0 aromatic heterocycles. The third kappa shape index (κ3) is 4.35. The molecule has 0 aliphatic rings. The van der Waals surface area contributed by atoms with Crippen molar-refractivity contribution in [3.05, 3.63) is 29.3 Å². The lowest BCUT2D eigenvalue weighted by Crippen LogP contribution is -2.41. The van der Waals surface area contributed by atoms with Crippen molar-refractivity contribution < 1.29 is 30.4 Å². The maximum absolute atomic E-state index is 12.9. The smallest absolute Gasteiger partial charge is 0.325 e. The van der Waals surface area contributed by atoms with Crippen LogP contribution in [0.15, 0.2) is 23.1 Å². The van der Waals surface area contributed by atoms with Gasteiger partial charge in [0.2, 0.25) is 10.0 Å². The van der Waals surface area contributed by atoms with E-state index < -0.39 is 51.2 Å². The summed E-state index contributed by atoms with van der Waals surface area (Å²) in [4.78, 5) is -0.704. The molecule has 10 heteroatoms. The van der Waals surface area contributed by atoms with Crippen molar-refractivity contribution in [2.24, 2.45) is 5.73 Å². The van der Waals surface area contributed by atoms with Crippen molar-refractivity contribution in [3.8, 4) is 0 Å². The lowest BCUT2D eigenvalue weighted by atomic mass is 10.1. The van der Waals surface area contributed by atoms with E-state index in [0.29, 0.717) is 6.07 Å². The molecule has 1 rings (SSSR count). The summed E-state index contributed by atoms with van der Waals surface area (Å²) in [5.41, 5.74) is 3.05. The van der Waals surface area contributed by atoms with Crippen molar-refractivity contribution in [2.75, 3.05) is 13.1 Å². The molecule has 3 N–H and O–H groups in total. The lowest BCUT2D eigenvalue weighted by molar-refractivity contribution is -0.138. The minimum Gasteiger partial charge on any atom is -0.325 e. The third-order valence-electron chi connectivity index (χ3n) is 2.70. The van der Waals surface area contributed by atoms with E-state index in [1.165, 1.54) is 0 Å². The Morgan fingerprint density at radius 3 is 2.24 bits per heavy atom. The summed E-state index contributed by atoms with van der Waals surface area (Å²) in [6.45, 7) is -1.42. The molecule has 1 aromatic rings. The molecule has 0 aliphatic heterocycles. The van der Waals surface area contributed by atoms with E-state index in [-0.39, 0.29) is 0 Å². The Bertz CT molecular complexity index is 614. The molecule has 0 fully saturated rings. The molecule has 0 spiro atoms.